The Labute approximate surface area is 89.8 Å². The van der Waals surface area contributed by atoms with E-state index in [1.165, 1.54) is 10.8 Å². The summed E-state index contributed by atoms with van der Waals surface area (Å²) in [6.45, 7) is 0. The van der Waals surface area contributed by atoms with Crippen molar-refractivity contribution in [2.75, 3.05) is 19.8 Å². The van der Waals surface area contributed by atoms with E-state index >= 15 is 0 Å². The summed E-state index contributed by atoms with van der Waals surface area (Å²) in [7, 11) is 7.15. The molecule has 0 bridgehead atoms. The van der Waals surface area contributed by atoms with Gasteiger partial charge in [-0.15, -0.1) is 0 Å². The molecule has 2 N–H and O–H groups in total. The average molecular weight is 241 g/mol. The molecule has 0 aromatic carbocycles. The van der Waals surface area contributed by atoms with Crippen LogP contribution in [-0.4, -0.2) is 53.6 Å². The van der Waals surface area contributed by atoms with Crippen LogP contribution in [-0.2, 0) is 4.65 Å². The molecule has 0 aromatic heterocycles. The van der Waals surface area contributed by atoms with E-state index in [9.17, 15) is 0 Å². The SMILES string of the molecule is CN(C)C1CSSSC1OB(O)O. The molecule has 76 valence electrons. The molecule has 1 saturated heterocycles. The van der Waals surface area contributed by atoms with Crippen LogP contribution in [0.25, 0.3) is 0 Å². The lowest BCUT2D eigenvalue weighted by Gasteiger charge is -2.34. The monoisotopic (exact) mass is 241 g/mol. The highest BCUT2D eigenvalue weighted by atomic mass is 33.5. The molecular formula is C5H12BNO3S3. The van der Waals surface area contributed by atoms with Crippen LogP contribution < -0.4 is 0 Å². The standard InChI is InChI=1S/C5H12BNO3S3/c1-7(2)4-3-11-13-12-5(4)10-6(8)9/h4-5,8-9H,3H2,1-2H3. The molecule has 0 aliphatic carbocycles. The molecule has 1 heterocycles. The third-order valence-corrected chi connectivity index (χ3v) is 6.00. The predicted molar refractivity (Wildman–Crippen MR) is 60.2 cm³/mol. The molecule has 1 fully saturated rings. The summed E-state index contributed by atoms with van der Waals surface area (Å²) in [6.07, 6.45) is 0. The first kappa shape index (κ1) is 12.0. The molecule has 0 radical (unpaired) electrons. The zero-order valence-corrected chi connectivity index (χ0v) is 9.86. The van der Waals surface area contributed by atoms with Crippen molar-refractivity contribution in [1.82, 2.24) is 4.90 Å². The van der Waals surface area contributed by atoms with E-state index in [0.29, 0.717) is 0 Å². The van der Waals surface area contributed by atoms with Crippen LogP contribution in [0.15, 0.2) is 0 Å². The van der Waals surface area contributed by atoms with Crippen LogP contribution in [0.1, 0.15) is 0 Å². The molecule has 0 amide bonds. The normalized spacial score (nSPS) is 29.3. The number of rotatable bonds is 3. The van der Waals surface area contributed by atoms with E-state index in [4.69, 9.17) is 14.7 Å². The minimum absolute atomic E-state index is 0.179. The molecule has 2 unspecified atom stereocenters. The van der Waals surface area contributed by atoms with Gasteiger partial charge in [-0.05, 0) is 23.9 Å². The van der Waals surface area contributed by atoms with Gasteiger partial charge in [-0.25, -0.2) is 0 Å². The molecule has 0 saturated carbocycles. The molecule has 1 rings (SSSR count). The van der Waals surface area contributed by atoms with Gasteiger partial charge in [-0.3, -0.25) is 0 Å². The fourth-order valence-corrected chi connectivity index (χ4v) is 5.67. The largest absolute Gasteiger partial charge is 0.634 e. The summed E-state index contributed by atoms with van der Waals surface area (Å²) in [5, 5.41) is 17.4. The van der Waals surface area contributed by atoms with E-state index in [-0.39, 0.29) is 11.5 Å². The van der Waals surface area contributed by atoms with Crippen molar-refractivity contribution in [1.29, 1.82) is 0 Å². The number of hydrogen-bond acceptors (Lipinski definition) is 7. The molecular weight excluding hydrogens is 229 g/mol. The molecule has 4 nitrogen and oxygen atoms in total. The number of nitrogens with zero attached hydrogens (tertiary/aromatic N) is 1. The van der Waals surface area contributed by atoms with Gasteiger partial charge in [0.1, 0.15) is 5.44 Å². The Hall–Kier alpha value is 0.955. The smallest absolute Gasteiger partial charge is 0.402 e. The Balaban J connectivity index is 2.46. The first-order valence-electron chi connectivity index (χ1n) is 3.74. The van der Waals surface area contributed by atoms with E-state index in [2.05, 4.69) is 0 Å². The molecule has 8 heteroatoms. The van der Waals surface area contributed by atoms with Gasteiger partial charge in [0.25, 0.3) is 0 Å². The fourth-order valence-electron chi connectivity index (χ4n) is 0.933. The Kier molecular flexibility index (Phi) is 5.31. The lowest BCUT2D eigenvalue weighted by atomic mass is 10.2. The molecule has 1 aliphatic heterocycles. The minimum atomic E-state index is -1.68. The molecule has 2 atom stereocenters. The summed E-state index contributed by atoms with van der Waals surface area (Å²) in [5.41, 5.74) is -0.179. The third-order valence-electron chi connectivity index (χ3n) is 1.65. The second-order valence-electron chi connectivity index (χ2n) is 2.81. The minimum Gasteiger partial charge on any atom is -0.402 e. The van der Waals surface area contributed by atoms with Crippen molar-refractivity contribution in [2.24, 2.45) is 0 Å². The van der Waals surface area contributed by atoms with Crippen molar-refractivity contribution in [3.8, 4) is 0 Å². The van der Waals surface area contributed by atoms with Gasteiger partial charge in [0.2, 0.25) is 0 Å². The van der Waals surface area contributed by atoms with Crippen LogP contribution in [0.5, 0.6) is 0 Å². The maximum atomic E-state index is 8.69. The second-order valence-corrected chi connectivity index (χ2v) is 7.09. The van der Waals surface area contributed by atoms with E-state index in [1.807, 2.05) is 19.0 Å². The van der Waals surface area contributed by atoms with Crippen LogP contribution in [0.4, 0.5) is 0 Å². The number of hydrogen-bond donors (Lipinski definition) is 2. The molecule has 13 heavy (non-hydrogen) atoms. The number of likely N-dealkylation sites (N-methyl/N-ethyl adjacent to an activating group) is 1. The van der Waals surface area contributed by atoms with Crippen molar-refractivity contribution in [3.05, 3.63) is 0 Å². The Morgan fingerprint density at radius 3 is 2.69 bits per heavy atom. The van der Waals surface area contributed by atoms with Crippen LogP contribution in [0.2, 0.25) is 0 Å². The van der Waals surface area contributed by atoms with E-state index in [1.54, 1.807) is 20.6 Å². The lowest BCUT2D eigenvalue weighted by molar-refractivity contribution is 0.117. The summed E-state index contributed by atoms with van der Waals surface area (Å²) in [5.74, 6) is 0.933. The highest BCUT2D eigenvalue weighted by Crippen LogP contribution is 2.45. The molecule has 0 spiro atoms. The van der Waals surface area contributed by atoms with Crippen molar-refractivity contribution in [3.63, 3.8) is 0 Å². The van der Waals surface area contributed by atoms with Crippen molar-refractivity contribution in [2.45, 2.75) is 11.5 Å². The van der Waals surface area contributed by atoms with E-state index in [0.717, 1.165) is 5.75 Å². The highest BCUT2D eigenvalue weighted by Gasteiger charge is 2.32. The maximum absolute atomic E-state index is 8.69. The Morgan fingerprint density at radius 2 is 2.15 bits per heavy atom. The third kappa shape index (κ3) is 3.90. The maximum Gasteiger partial charge on any atom is 0.634 e. The van der Waals surface area contributed by atoms with Gasteiger partial charge in [0, 0.05) is 5.75 Å². The first-order valence-corrected chi connectivity index (χ1v) is 7.46. The summed E-state index contributed by atoms with van der Waals surface area (Å²) < 4.78 is 4.96. The fraction of sp³-hybridized carbons (Fsp3) is 1.00. The van der Waals surface area contributed by atoms with Gasteiger partial charge in [0.15, 0.2) is 0 Å². The topological polar surface area (TPSA) is 52.9 Å². The average Bonchev–Trinajstić information content (AvgIpc) is 2.03. The zero-order chi connectivity index (χ0) is 9.84. The summed E-state index contributed by atoms with van der Waals surface area (Å²) >= 11 is 0. The lowest BCUT2D eigenvalue weighted by Crippen LogP contribution is -2.44. The van der Waals surface area contributed by atoms with Gasteiger partial charge in [-0.2, -0.15) is 0 Å². The molecule has 1 aliphatic rings. The first-order chi connectivity index (χ1) is 6.11. The zero-order valence-electron chi connectivity index (χ0n) is 7.41. The Bertz CT molecular complexity index is 162. The van der Waals surface area contributed by atoms with Crippen LogP contribution in [0.3, 0.4) is 0 Å². The van der Waals surface area contributed by atoms with Crippen molar-refractivity contribution < 1.29 is 14.7 Å². The van der Waals surface area contributed by atoms with Crippen LogP contribution >= 0.6 is 31.4 Å². The predicted octanol–water partition coefficient (Wildman–Crippen LogP) is 0.272. The highest BCUT2D eigenvalue weighted by molar-refractivity contribution is 9.09. The van der Waals surface area contributed by atoms with Crippen LogP contribution in [0, 0.1) is 0 Å². The second kappa shape index (κ2) is 5.74. The van der Waals surface area contributed by atoms with Crippen molar-refractivity contribution >= 4 is 38.7 Å². The van der Waals surface area contributed by atoms with Gasteiger partial charge in [-0.1, -0.05) is 21.6 Å². The summed E-state index contributed by atoms with van der Waals surface area (Å²) in [4.78, 5) is 2.03. The van der Waals surface area contributed by atoms with Gasteiger partial charge < -0.3 is 19.6 Å². The Morgan fingerprint density at radius 1 is 1.46 bits per heavy atom. The quantitative estimate of drug-likeness (QED) is 0.543. The van der Waals surface area contributed by atoms with Gasteiger partial charge in [0.05, 0.1) is 6.04 Å². The van der Waals surface area contributed by atoms with Gasteiger partial charge >= 0.3 is 7.32 Å². The summed E-state index contributed by atoms with van der Waals surface area (Å²) in [6, 6.07) is 0.220. The molecule has 0 aromatic rings. The van der Waals surface area contributed by atoms with E-state index < -0.39 is 7.32 Å².